The predicted molar refractivity (Wildman–Crippen MR) is 306 cm³/mol. The minimum Gasteiger partial charge on any atom is -0.456 e. The highest BCUT2D eigenvalue weighted by atomic mass is 16.3. The van der Waals surface area contributed by atoms with Crippen molar-refractivity contribution in [1.29, 1.82) is 0 Å². The van der Waals surface area contributed by atoms with Crippen LogP contribution in [-0.4, -0.2) is 15.0 Å². The number of benzene rings is 11. The fourth-order valence-corrected chi connectivity index (χ4v) is 12.3. The van der Waals surface area contributed by atoms with E-state index in [9.17, 15) is 0 Å². The molecule has 0 aliphatic heterocycles. The van der Waals surface area contributed by atoms with Crippen molar-refractivity contribution in [3.8, 4) is 67.5 Å². The topological polar surface area (TPSA) is 78.1 Å². The average Bonchev–Trinajstić information content (AvgIpc) is 4.27. The molecule has 0 spiro atoms. The summed E-state index contributed by atoms with van der Waals surface area (Å²) >= 11 is 0. The van der Waals surface area contributed by atoms with Crippen molar-refractivity contribution in [2.75, 3.05) is 0 Å². The molecule has 0 unspecified atom stereocenters. The third kappa shape index (κ3) is 6.25. The lowest BCUT2D eigenvalue weighted by atomic mass is 9.67. The van der Waals surface area contributed by atoms with E-state index in [4.69, 9.17) is 28.2 Å². The van der Waals surface area contributed by atoms with Crippen LogP contribution in [0, 0.1) is 0 Å². The first kappa shape index (κ1) is 42.3. The van der Waals surface area contributed by atoms with Crippen LogP contribution in [0.25, 0.3) is 133 Å². The molecule has 76 heavy (non-hydrogen) atoms. The molecule has 11 aromatic carbocycles. The molecule has 4 heterocycles. The molecule has 1 aliphatic rings. The number of rotatable bonds is 7. The van der Waals surface area contributed by atoms with Crippen LogP contribution in [-0.2, 0) is 5.41 Å². The summed E-state index contributed by atoms with van der Waals surface area (Å²) in [6.07, 6.45) is 0. The first-order valence-corrected chi connectivity index (χ1v) is 25.6. The van der Waals surface area contributed by atoms with Gasteiger partial charge in [-0.3, -0.25) is 0 Å². The highest BCUT2D eigenvalue weighted by Crippen LogP contribution is 2.58. The number of hydrogen-bond acceptors (Lipinski definition) is 6. The molecule has 0 amide bonds. The molecule has 0 atom stereocenters. The second-order valence-electron chi connectivity index (χ2n) is 19.7. The summed E-state index contributed by atoms with van der Waals surface area (Å²) in [7, 11) is 0. The van der Waals surface area contributed by atoms with Gasteiger partial charge in [0.05, 0.1) is 5.41 Å². The molecule has 354 valence electrons. The van der Waals surface area contributed by atoms with Crippen molar-refractivity contribution in [2.45, 2.75) is 5.41 Å². The third-order valence-electron chi connectivity index (χ3n) is 15.7. The fourth-order valence-electron chi connectivity index (χ4n) is 12.3. The molecule has 6 nitrogen and oxygen atoms in total. The number of hydrogen-bond donors (Lipinski definition) is 0. The van der Waals surface area contributed by atoms with Gasteiger partial charge in [0, 0.05) is 49.0 Å². The standard InChI is InChI=1S/C70H41N3O3/c1-3-16-46(17-4-1)70(47-18-5-2-6-19-47)56-26-10-7-21-50(56)64-48(23-13-27-57(64)70)43-34-32-42(33-35-43)44-36-38-61-55(40-44)66-53(25-15-31-63(66)76-61)69-72-67(45-37-39-60-54(41-45)49-20-8-11-28-58(49)74-60)71-68(73-69)52-24-14-30-62-65(52)51-22-9-12-29-59(51)75-62/h1-41H. The highest BCUT2D eigenvalue weighted by Gasteiger charge is 2.46. The zero-order valence-corrected chi connectivity index (χ0v) is 40.7. The van der Waals surface area contributed by atoms with E-state index in [2.05, 4.69) is 176 Å². The lowest BCUT2D eigenvalue weighted by Crippen LogP contribution is -2.28. The normalized spacial score (nSPS) is 12.8. The Morgan fingerprint density at radius 1 is 0.263 bits per heavy atom. The van der Waals surface area contributed by atoms with Gasteiger partial charge >= 0.3 is 0 Å². The van der Waals surface area contributed by atoms with Gasteiger partial charge in [-0.1, -0.05) is 194 Å². The van der Waals surface area contributed by atoms with Crippen LogP contribution in [0.5, 0.6) is 0 Å². The van der Waals surface area contributed by atoms with E-state index in [1.807, 2.05) is 72.8 Å². The Kier molecular flexibility index (Phi) is 9.15. The Morgan fingerprint density at radius 3 is 1.42 bits per heavy atom. The van der Waals surface area contributed by atoms with E-state index >= 15 is 0 Å². The van der Waals surface area contributed by atoms with E-state index < -0.39 is 5.41 Å². The summed E-state index contributed by atoms with van der Waals surface area (Å²) in [4.78, 5) is 15.9. The van der Waals surface area contributed by atoms with Gasteiger partial charge in [-0.2, -0.15) is 0 Å². The monoisotopic (exact) mass is 971 g/mol. The summed E-state index contributed by atoms with van der Waals surface area (Å²) in [6.45, 7) is 0. The van der Waals surface area contributed by atoms with E-state index in [1.54, 1.807) is 0 Å². The maximum absolute atomic E-state index is 6.65. The van der Waals surface area contributed by atoms with Gasteiger partial charge in [0.25, 0.3) is 0 Å². The molecule has 0 saturated heterocycles. The van der Waals surface area contributed by atoms with Crippen molar-refractivity contribution in [3.05, 3.63) is 271 Å². The number of fused-ring (bicyclic) bond motifs is 12. The first-order valence-electron chi connectivity index (χ1n) is 25.6. The van der Waals surface area contributed by atoms with E-state index in [1.165, 1.54) is 38.9 Å². The summed E-state index contributed by atoms with van der Waals surface area (Å²) in [6, 6.07) is 87.8. The Labute approximate surface area is 435 Å². The van der Waals surface area contributed by atoms with Crippen molar-refractivity contribution in [3.63, 3.8) is 0 Å². The summed E-state index contributed by atoms with van der Waals surface area (Å²) in [5.41, 5.74) is 19.0. The van der Waals surface area contributed by atoms with Crippen LogP contribution in [0.4, 0.5) is 0 Å². The highest BCUT2D eigenvalue weighted by molar-refractivity contribution is 6.14. The Bertz CT molecular complexity index is 4780. The SMILES string of the molecule is c1ccc(C2(c3ccccc3)c3ccccc3-c3c(-c4ccc(-c5ccc6oc7cccc(-c8nc(-c9ccc%10oc%11ccccc%11c%10c9)nc(-c9cccc%10oc%11ccccc%11c9%10)n8)c7c6c5)cc4)cccc32)cc1. The van der Waals surface area contributed by atoms with Gasteiger partial charge in [-0.15, -0.1) is 0 Å². The Balaban J connectivity index is 0.838. The molecule has 16 rings (SSSR count). The molecule has 6 heteroatoms. The molecule has 1 aliphatic carbocycles. The van der Waals surface area contributed by atoms with Gasteiger partial charge in [-0.05, 0) is 110 Å². The second-order valence-corrected chi connectivity index (χ2v) is 19.7. The molecular formula is C70H41N3O3. The van der Waals surface area contributed by atoms with Crippen molar-refractivity contribution >= 4 is 65.8 Å². The largest absolute Gasteiger partial charge is 0.456 e. The number of nitrogens with zero attached hydrogens (tertiary/aromatic N) is 3. The van der Waals surface area contributed by atoms with Gasteiger partial charge < -0.3 is 13.3 Å². The first-order chi connectivity index (χ1) is 37.7. The van der Waals surface area contributed by atoms with Gasteiger partial charge in [0.1, 0.15) is 33.5 Å². The molecule has 0 N–H and O–H groups in total. The van der Waals surface area contributed by atoms with E-state index in [0.29, 0.717) is 17.5 Å². The zero-order valence-electron chi connectivity index (χ0n) is 40.7. The van der Waals surface area contributed by atoms with Crippen LogP contribution in [0.2, 0.25) is 0 Å². The summed E-state index contributed by atoms with van der Waals surface area (Å²) in [5, 5.41) is 5.88. The van der Waals surface area contributed by atoms with Crippen molar-refractivity contribution < 1.29 is 13.3 Å². The number of para-hydroxylation sites is 2. The molecule has 0 fully saturated rings. The van der Waals surface area contributed by atoms with E-state index in [0.717, 1.165) is 99.2 Å². The maximum atomic E-state index is 6.65. The predicted octanol–water partition coefficient (Wildman–Crippen LogP) is 18.3. The Hall–Kier alpha value is -10.2. The molecule has 15 aromatic rings. The molecule has 0 radical (unpaired) electrons. The van der Waals surface area contributed by atoms with Gasteiger partial charge in [0.2, 0.25) is 0 Å². The van der Waals surface area contributed by atoms with Crippen molar-refractivity contribution in [1.82, 2.24) is 15.0 Å². The van der Waals surface area contributed by atoms with Crippen LogP contribution < -0.4 is 0 Å². The Morgan fingerprint density at radius 2 is 0.711 bits per heavy atom. The van der Waals surface area contributed by atoms with Crippen LogP contribution >= 0.6 is 0 Å². The molecular weight excluding hydrogens is 931 g/mol. The molecule has 0 saturated carbocycles. The van der Waals surface area contributed by atoms with Gasteiger partial charge in [0.15, 0.2) is 17.5 Å². The second kappa shape index (κ2) is 16.4. The fraction of sp³-hybridized carbons (Fsp3) is 0.0143. The van der Waals surface area contributed by atoms with Crippen LogP contribution in [0.1, 0.15) is 22.3 Å². The van der Waals surface area contributed by atoms with Gasteiger partial charge in [-0.25, -0.2) is 15.0 Å². The summed E-state index contributed by atoms with van der Waals surface area (Å²) < 4.78 is 19.3. The van der Waals surface area contributed by atoms with E-state index in [-0.39, 0.29) is 0 Å². The quantitative estimate of drug-likeness (QED) is 0.158. The maximum Gasteiger partial charge on any atom is 0.164 e. The molecule has 0 bridgehead atoms. The zero-order chi connectivity index (χ0) is 49.9. The lowest BCUT2D eigenvalue weighted by molar-refractivity contribution is 0.668. The third-order valence-corrected chi connectivity index (χ3v) is 15.7. The van der Waals surface area contributed by atoms with Crippen LogP contribution in [0.3, 0.4) is 0 Å². The summed E-state index contributed by atoms with van der Waals surface area (Å²) in [5.74, 6) is 1.62. The van der Waals surface area contributed by atoms with Crippen molar-refractivity contribution in [2.24, 2.45) is 0 Å². The lowest BCUT2D eigenvalue weighted by Gasteiger charge is -2.34. The number of aromatic nitrogens is 3. The van der Waals surface area contributed by atoms with Crippen LogP contribution in [0.15, 0.2) is 262 Å². The smallest absolute Gasteiger partial charge is 0.164 e. The minimum absolute atomic E-state index is 0.469. The average molecular weight is 972 g/mol. The minimum atomic E-state index is -0.469. The number of furan rings is 3. The molecule has 4 aromatic heterocycles.